The molecule has 0 saturated carbocycles. The maximum Gasteiger partial charge on any atom is 0.243 e. The van der Waals surface area contributed by atoms with Crippen LogP contribution in [-0.4, -0.2) is 69.0 Å². The van der Waals surface area contributed by atoms with E-state index in [4.69, 9.17) is 0 Å². The molecule has 1 aromatic carbocycles. The van der Waals surface area contributed by atoms with Crippen molar-refractivity contribution in [3.8, 4) is 0 Å². The highest BCUT2D eigenvalue weighted by atomic mass is 127. The van der Waals surface area contributed by atoms with E-state index in [1.54, 1.807) is 26.2 Å². The van der Waals surface area contributed by atoms with E-state index in [9.17, 15) is 9.18 Å². The van der Waals surface area contributed by atoms with Gasteiger partial charge in [0.2, 0.25) is 5.91 Å². The lowest BCUT2D eigenvalue weighted by Crippen LogP contribution is -2.41. The first-order valence-corrected chi connectivity index (χ1v) is 8.07. The molecule has 6 nitrogen and oxygen atoms in total. The first-order chi connectivity index (χ1) is 11.4. The Morgan fingerprint density at radius 1 is 1.16 bits per heavy atom. The predicted molar refractivity (Wildman–Crippen MR) is 111 cm³/mol. The molecule has 2 N–H and O–H groups in total. The number of carbonyl (C=O) groups is 1. The van der Waals surface area contributed by atoms with Crippen molar-refractivity contribution in [1.29, 1.82) is 0 Å². The summed E-state index contributed by atoms with van der Waals surface area (Å²) in [6.07, 6.45) is 0. The van der Waals surface area contributed by atoms with Crippen molar-refractivity contribution < 1.29 is 9.18 Å². The van der Waals surface area contributed by atoms with Gasteiger partial charge in [0.05, 0.1) is 0 Å². The number of hydrogen-bond donors (Lipinski definition) is 2. The zero-order valence-corrected chi connectivity index (χ0v) is 17.7. The van der Waals surface area contributed by atoms with E-state index in [1.807, 2.05) is 14.0 Å². The minimum Gasteiger partial charge on any atom is -0.357 e. The Morgan fingerprint density at radius 3 is 2.36 bits per heavy atom. The molecule has 0 fully saturated rings. The van der Waals surface area contributed by atoms with Gasteiger partial charge in [-0.05, 0) is 31.7 Å². The number of guanidine groups is 1. The Morgan fingerprint density at radius 2 is 1.80 bits per heavy atom. The van der Waals surface area contributed by atoms with Crippen LogP contribution in [0.25, 0.3) is 0 Å². The van der Waals surface area contributed by atoms with Gasteiger partial charge in [-0.1, -0.05) is 12.1 Å². The van der Waals surface area contributed by atoms with E-state index in [0.717, 1.165) is 25.2 Å². The van der Waals surface area contributed by atoms with Crippen LogP contribution in [0.2, 0.25) is 0 Å². The molecule has 0 aromatic heterocycles. The topological polar surface area (TPSA) is 60.0 Å². The summed E-state index contributed by atoms with van der Waals surface area (Å²) < 4.78 is 12.9. The summed E-state index contributed by atoms with van der Waals surface area (Å²) in [5, 5.41) is 6.32. The second-order valence-corrected chi connectivity index (χ2v) is 5.77. The quantitative estimate of drug-likeness (QED) is 0.348. The van der Waals surface area contributed by atoms with E-state index in [1.165, 1.54) is 17.0 Å². The lowest BCUT2D eigenvalue weighted by Gasteiger charge is -2.18. The van der Waals surface area contributed by atoms with Gasteiger partial charge in [0.15, 0.2) is 5.96 Å². The summed E-state index contributed by atoms with van der Waals surface area (Å²) >= 11 is 0. The largest absolute Gasteiger partial charge is 0.357 e. The predicted octanol–water partition coefficient (Wildman–Crippen LogP) is 1.52. The third-order valence-electron chi connectivity index (χ3n) is 3.37. The number of likely N-dealkylation sites (N-methyl/N-ethyl adjacent to an activating group) is 2. The number of amides is 1. The molecule has 0 saturated heterocycles. The Bertz CT molecular complexity index is 536. The Labute approximate surface area is 166 Å². The Balaban J connectivity index is 0.00000576. The SMILES string of the molecule is CCNC(=NCC(=O)N(C)C)NCCN(C)Cc1ccc(F)cc1.I. The summed E-state index contributed by atoms with van der Waals surface area (Å²) in [5.41, 5.74) is 1.07. The first kappa shape index (κ1) is 23.6. The van der Waals surface area contributed by atoms with Crippen molar-refractivity contribution in [2.75, 3.05) is 47.3 Å². The molecule has 1 rings (SSSR count). The fourth-order valence-electron chi connectivity index (χ4n) is 1.98. The number of hydrogen-bond acceptors (Lipinski definition) is 3. The molecule has 0 bridgehead atoms. The van der Waals surface area contributed by atoms with Gasteiger partial charge < -0.3 is 20.4 Å². The molecule has 142 valence electrons. The van der Waals surface area contributed by atoms with Gasteiger partial charge in [-0.3, -0.25) is 4.79 Å². The smallest absolute Gasteiger partial charge is 0.243 e. The van der Waals surface area contributed by atoms with Gasteiger partial charge in [-0.2, -0.15) is 0 Å². The summed E-state index contributed by atoms with van der Waals surface area (Å²) in [6.45, 7) is 5.06. The van der Waals surface area contributed by atoms with Crippen molar-refractivity contribution in [2.45, 2.75) is 13.5 Å². The molecule has 8 heteroatoms. The molecule has 0 atom stereocenters. The van der Waals surface area contributed by atoms with Crippen LogP contribution >= 0.6 is 24.0 Å². The number of rotatable bonds is 8. The van der Waals surface area contributed by atoms with Crippen LogP contribution in [0.1, 0.15) is 12.5 Å². The lowest BCUT2D eigenvalue weighted by atomic mass is 10.2. The molecule has 0 heterocycles. The van der Waals surface area contributed by atoms with Crippen molar-refractivity contribution in [3.05, 3.63) is 35.6 Å². The van der Waals surface area contributed by atoms with Gasteiger partial charge >= 0.3 is 0 Å². The first-order valence-electron chi connectivity index (χ1n) is 8.07. The fraction of sp³-hybridized carbons (Fsp3) is 0.529. The normalized spacial score (nSPS) is 11.0. The molecule has 0 spiro atoms. The number of nitrogens with one attached hydrogen (secondary N) is 2. The van der Waals surface area contributed by atoms with Crippen LogP contribution in [0.15, 0.2) is 29.3 Å². The monoisotopic (exact) mass is 465 g/mol. The van der Waals surface area contributed by atoms with Crippen molar-refractivity contribution in [2.24, 2.45) is 4.99 Å². The summed E-state index contributed by atoms with van der Waals surface area (Å²) in [6, 6.07) is 6.52. The number of aliphatic imine (C=N–C) groups is 1. The second kappa shape index (κ2) is 12.9. The highest BCUT2D eigenvalue weighted by Gasteiger charge is 2.05. The second-order valence-electron chi connectivity index (χ2n) is 5.77. The fourth-order valence-corrected chi connectivity index (χ4v) is 1.98. The number of halogens is 2. The summed E-state index contributed by atoms with van der Waals surface area (Å²) in [5.74, 6) is 0.366. The maximum absolute atomic E-state index is 12.9. The van der Waals surface area contributed by atoms with Crippen molar-refractivity contribution in [3.63, 3.8) is 0 Å². The van der Waals surface area contributed by atoms with E-state index in [2.05, 4.69) is 20.5 Å². The standard InChI is InChI=1S/C17H28FN5O.HI/c1-5-19-17(21-12-16(24)22(2)3)20-10-11-23(4)13-14-6-8-15(18)9-7-14;/h6-9H,5,10-13H2,1-4H3,(H2,19,20,21);1H. The minimum atomic E-state index is -0.221. The third kappa shape index (κ3) is 10.2. The average molecular weight is 465 g/mol. The van der Waals surface area contributed by atoms with E-state index < -0.39 is 0 Å². The number of carbonyl (C=O) groups excluding carboxylic acids is 1. The van der Waals surface area contributed by atoms with Gasteiger partial charge in [0, 0.05) is 40.3 Å². The van der Waals surface area contributed by atoms with Gasteiger partial charge in [-0.25, -0.2) is 9.38 Å². The Kier molecular flexibility index (Phi) is 12.1. The van der Waals surface area contributed by atoms with E-state index in [-0.39, 0.29) is 42.2 Å². The average Bonchev–Trinajstić information content (AvgIpc) is 2.54. The van der Waals surface area contributed by atoms with Crippen molar-refractivity contribution in [1.82, 2.24) is 20.4 Å². The number of nitrogens with zero attached hydrogens (tertiary/aromatic N) is 3. The molecule has 0 aliphatic rings. The van der Waals surface area contributed by atoms with Gasteiger partial charge in [0.1, 0.15) is 12.4 Å². The molecule has 0 aliphatic carbocycles. The van der Waals surface area contributed by atoms with Crippen LogP contribution in [0.4, 0.5) is 4.39 Å². The summed E-state index contributed by atoms with van der Waals surface area (Å²) in [4.78, 5) is 19.5. The molecule has 0 unspecified atom stereocenters. The van der Waals surface area contributed by atoms with Crippen LogP contribution in [0.3, 0.4) is 0 Å². The van der Waals surface area contributed by atoms with Crippen LogP contribution in [0.5, 0.6) is 0 Å². The molecule has 1 aromatic rings. The van der Waals surface area contributed by atoms with E-state index >= 15 is 0 Å². The minimum absolute atomic E-state index is 0. The van der Waals surface area contributed by atoms with E-state index in [0.29, 0.717) is 12.5 Å². The number of benzene rings is 1. The zero-order valence-electron chi connectivity index (χ0n) is 15.4. The van der Waals surface area contributed by atoms with Crippen LogP contribution < -0.4 is 10.6 Å². The summed E-state index contributed by atoms with van der Waals surface area (Å²) in [7, 11) is 5.43. The highest BCUT2D eigenvalue weighted by molar-refractivity contribution is 14.0. The van der Waals surface area contributed by atoms with Gasteiger partial charge in [0.25, 0.3) is 0 Å². The zero-order chi connectivity index (χ0) is 17.9. The van der Waals surface area contributed by atoms with Crippen molar-refractivity contribution >= 4 is 35.8 Å². The maximum atomic E-state index is 12.9. The molecular formula is C17H29FIN5O. The molecule has 25 heavy (non-hydrogen) atoms. The molecule has 1 amide bonds. The van der Waals surface area contributed by atoms with Crippen LogP contribution in [-0.2, 0) is 11.3 Å². The Hall–Kier alpha value is -1.42. The highest BCUT2D eigenvalue weighted by Crippen LogP contribution is 2.04. The molecule has 0 aliphatic heterocycles. The van der Waals surface area contributed by atoms with Crippen LogP contribution in [0, 0.1) is 5.82 Å². The molecular weight excluding hydrogens is 436 g/mol. The third-order valence-corrected chi connectivity index (χ3v) is 3.37. The van der Waals surface area contributed by atoms with Gasteiger partial charge in [-0.15, -0.1) is 24.0 Å². The lowest BCUT2D eigenvalue weighted by molar-refractivity contribution is -0.127. The molecule has 0 radical (unpaired) electrons.